The molecule has 0 radical (unpaired) electrons. The van der Waals surface area contributed by atoms with Crippen molar-refractivity contribution in [2.75, 3.05) is 5.32 Å². The second kappa shape index (κ2) is 8.79. The first kappa shape index (κ1) is 20.3. The molecule has 31 heavy (non-hydrogen) atoms. The van der Waals surface area contributed by atoms with E-state index in [1.807, 2.05) is 43.4 Å². The number of imidazole rings is 1. The first-order chi connectivity index (χ1) is 15.1. The van der Waals surface area contributed by atoms with Gasteiger partial charge in [-0.25, -0.2) is 15.0 Å². The van der Waals surface area contributed by atoms with Crippen molar-refractivity contribution >= 4 is 28.2 Å². The van der Waals surface area contributed by atoms with E-state index in [1.54, 1.807) is 12.3 Å². The smallest absolute Gasteiger partial charge is 0.227 e. The summed E-state index contributed by atoms with van der Waals surface area (Å²) in [5.74, 6) is 1.39. The van der Waals surface area contributed by atoms with Crippen LogP contribution < -0.4 is 5.32 Å². The number of fused-ring (bicyclic) bond motifs is 1. The molecule has 0 saturated heterocycles. The van der Waals surface area contributed by atoms with Crippen molar-refractivity contribution in [1.29, 1.82) is 0 Å². The standard InChI is InChI=1S/C26H25N5/c1-5-7-10-19(6-2)21-12-13-27-26(30-21)31-22-16-24-23(15-18(22)4)28-25(29-24)20-11-8-9-17(3)14-20/h5-16H,2H2,1,3-4H3,(H,28,29)(H,27,30,31). The zero-order valence-corrected chi connectivity index (χ0v) is 18.0. The van der Waals surface area contributed by atoms with Crippen LogP contribution in [0.3, 0.4) is 0 Å². The zero-order chi connectivity index (χ0) is 21.8. The van der Waals surface area contributed by atoms with Gasteiger partial charge in [0.2, 0.25) is 5.95 Å². The van der Waals surface area contributed by atoms with Crippen LogP contribution in [0.4, 0.5) is 11.6 Å². The molecule has 0 bridgehead atoms. The Morgan fingerprint density at radius 2 is 1.97 bits per heavy atom. The molecule has 2 aromatic heterocycles. The minimum Gasteiger partial charge on any atom is -0.338 e. The van der Waals surface area contributed by atoms with E-state index >= 15 is 0 Å². The molecule has 0 amide bonds. The van der Waals surface area contributed by atoms with Crippen molar-refractivity contribution in [3.63, 3.8) is 0 Å². The predicted octanol–water partition coefficient (Wildman–Crippen LogP) is 6.53. The van der Waals surface area contributed by atoms with Crippen LogP contribution in [0, 0.1) is 13.8 Å². The molecule has 5 heteroatoms. The summed E-state index contributed by atoms with van der Waals surface area (Å²) in [4.78, 5) is 17.3. The third-order valence-electron chi connectivity index (χ3n) is 5.01. The Kier molecular flexibility index (Phi) is 5.76. The van der Waals surface area contributed by atoms with Crippen LogP contribution in [0.1, 0.15) is 23.7 Å². The lowest BCUT2D eigenvalue weighted by atomic mass is 10.1. The molecule has 4 aromatic rings. The van der Waals surface area contributed by atoms with Crippen molar-refractivity contribution in [3.05, 3.63) is 96.4 Å². The lowest BCUT2D eigenvalue weighted by Crippen LogP contribution is -2.00. The topological polar surface area (TPSA) is 66.5 Å². The quantitative estimate of drug-likeness (QED) is 0.357. The fourth-order valence-electron chi connectivity index (χ4n) is 3.39. The molecule has 0 unspecified atom stereocenters. The molecular weight excluding hydrogens is 382 g/mol. The molecule has 0 aliphatic rings. The number of rotatable bonds is 6. The maximum atomic E-state index is 4.79. The van der Waals surface area contributed by atoms with E-state index in [0.717, 1.165) is 44.9 Å². The van der Waals surface area contributed by atoms with Gasteiger partial charge < -0.3 is 10.3 Å². The summed E-state index contributed by atoms with van der Waals surface area (Å²) < 4.78 is 0. The summed E-state index contributed by atoms with van der Waals surface area (Å²) in [6.07, 6.45) is 9.45. The van der Waals surface area contributed by atoms with E-state index in [-0.39, 0.29) is 0 Å². The number of benzene rings is 2. The molecule has 0 spiro atoms. The van der Waals surface area contributed by atoms with Gasteiger partial charge in [-0.3, -0.25) is 0 Å². The molecule has 5 nitrogen and oxygen atoms in total. The maximum absolute atomic E-state index is 4.79. The molecule has 0 fully saturated rings. The number of nitrogens with zero attached hydrogens (tertiary/aromatic N) is 3. The summed E-state index contributed by atoms with van der Waals surface area (Å²) in [7, 11) is 0. The van der Waals surface area contributed by atoms with Crippen molar-refractivity contribution in [1.82, 2.24) is 19.9 Å². The molecule has 0 aliphatic carbocycles. The number of anilines is 2. The van der Waals surface area contributed by atoms with Gasteiger partial charge in [0.25, 0.3) is 0 Å². The SMILES string of the molecule is C=CC(=CC=CC)c1ccnc(Nc2cc3nc(-c4cccc(C)c4)[nH]c3cc2C)n1. The molecular formula is C26H25N5. The van der Waals surface area contributed by atoms with Gasteiger partial charge in [0.1, 0.15) is 5.82 Å². The Bertz CT molecular complexity index is 1310. The Morgan fingerprint density at radius 3 is 2.74 bits per heavy atom. The van der Waals surface area contributed by atoms with Gasteiger partial charge in [-0.1, -0.05) is 54.6 Å². The number of hydrogen-bond donors (Lipinski definition) is 2. The summed E-state index contributed by atoms with van der Waals surface area (Å²) in [5, 5.41) is 3.34. The van der Waals surface area contributed by atoms with E-state index in [2.05, 4.69) is 65.0 Å². The summed E-state index contributed by atoms with van der Waals surface area (Å²) in [6.45, 7) is 10.0. The molecule has 2 N–H and O–H groups in total. The molecule has 2 heterocycles. The molecule has 2 aromatic carbocycles. The molecule has 0 atom stereocenters. The summed E-state index contributed by atoms with van der Waals surface area (Å²) in [5.41, 5.74) is 7.91. The van der Waals surface area contributed by atoms with Gasteiger partial charge in [0, 0.05) is 17.4 Å². The lowest BCUT2D eigenvalue weighted by molar-refractivity contribution is 1.14. The van der Waals surface area contributed by atoms with E-state index in [0.29, 0.717) is 5.95 Å². The number of aromatic nitrogens is 4. The highest BCUT2D eigenvalue weighted by atomic mass is 15.1. The van der Waals surface area contributed by atoms with Gasteiger partial charge in [-0.2, -0.15) is 0 Å². The Hall–Kier alpha value is -3.99. The van der Waals surface area contributed by atoms with E-state index in [4.69, 9.17) is 4.98 Å². The Morgan fingerprint density at radius 1 is 1.10 bits per heavy atom. The molecule has 0 saturated carbocycles. The second-order valence-electron chi connectivity index (χ2n) is 7.38. The average Bonchev–Trinajstić information content (AvgIpc) is 3.18. The highest BCUT2D eigenvalue weighted by Gasteiger charge is 2.10. The molecule has 4 rings (SSSR count). The monoisotopic (exact) mass is 407 g/mol. The van der Waals surface area contributed by atoms with Crippen LogP contribution in [0.15, 0.2) is 79.5 Å². The second-order valence-corrected chi connectivity index (χ2v) is 7.38. The van der Waals surface area contributed by atoms with Crippen molar-refractivity contribution < 1.29 is 0 Å². The number of hydrogen-bond acceptors (Lipinski definition) is 4. The number of H-pyrrole nitrogens is 1. The van der Waals surface area contributed by atoms with Crippen molar-refractivity contribution in [3.8, 4) is 11.4 Å². The van der Waals surface area contributed by atoms with Gasteiger partial charge in [0.15, 0.2) is 0 Å². The van der Waals surface area contributed by atoms with Gasteiger partial charge in [0.05, 0.1) is 16.7 Å². The van der Waals surface area contributed by atoms with Gasteiger partial charge in [-0.05, 0) is 56.2 Å². The highest BCUT2D eigenvalue weighted by Crippen LogP contribution is 2.27. The Balaban J connectivity index is 1.67. The lowest BCUT2D eigenvalue weighted by Gasteiger charge is -2.09. The van der Waals surface area contributed by atoms with Gasteiger partial charge in [-0.15, -0.1) is 0 Å². The third-order valence-corrected chi connectivity index (χ3v) is 5.01. The number of aryl methyl sites for hydroxylation is 2. The van der Waals surface area contributed by atoms with Crippen LogP contribution in [0.2, 0.25) is 0 Å². The zero-order valence-electron chi connectivity index (χ0n) is 18.0. The van der Waals surface area contributed by atoms with Crippen LogP contribution in [-0.2, 0) is 0 Å². The normalized spacial score (nSPS) is 11.9. The number of allylic oxidation sites excluding steroid dienone is 5. The Labute approximate surface area is 182 Å². The number of aromatic amines is 1. The third kappa shape index (κ3) is 4.46. The summed E-state index contributed by atoms with van der Waals surface area (Å²) >= 11 is 0. The van der Waals surface area contributed by atoms with Crippen LogP contribution in [0.5, 0.6) is 0 Å². The van der Waals surface area contributed by atoms with E-state index in [1.165, 1.54) is 5.56 Å². The minimum atomic E-state index is 0.530. The van der Waals surface area contributed by atoms with E-state index < -0.39 is 0 Å². The fourth-order valence-corrected chi connectivity index (χ4v) is 3.39. The molecule has 154 valence electrons. The van der Waals surface area contributed by atoms with Crippen LogP contribution in [-0.4, -0.2) is 19.9 Å². The van der Waals surface area contributed by atoms with Crippen molar-refractivity contribution in [2.24, 2.45) is 0 Å². The summed E-state index contributed by atoms with van der Waals surface area (Å²) in [6, 6.07) is 14.3. The highest BCUT2D eigenvalue weighted by molar-refractivity contribution is 5.85. The average molecular weight is 408 g/mol. The largest absolute Gasteiger partial charge is 0.338 e. The maximum Gasteiger partial charge on any atom is 0.227 e. The predicted molar refractivity (Wildman–Crippen MR) is 129 cm³/mol. The first-order valence-corrected chi connectivity index (χ1v) is 10.2. The van der Waals surface area contributed by atoms with Crippen LogP contribution >= 0.6 is 0 Å². The minimum absolute atomic E-state index is 0.530. The van der Waals surface area contributed by atoms with E-state index in [9.17, 15) is 0 Å². The van der Waals surface area contributed by atoms with Crippen molar-refractivity contribution in [2.45, 2.75) is 20.8 Å². The van der Waals surface area contributed by atoms with Gasteiger partial charge >= 0.3 is 0 Å². The van der Waals surface area contributed by atoms with Crippen LogP contribution in [0.25, 0.3) is 28.0 Å². The number of nitrogens with one attached hydrogen (secondary N) is 2. The molecule has 0 aliphatic heterocycles. The fraction of sp³-hybridized carbons (Fsp3) is 0.115. The first-order valence-electron chi connectivity index (χ1n) is 10.2.